The molecule has 1 aromatic heterocycles. The second kappa shape index (κ2) is 4.93. The van der Waals surface area contributed by atoms with Gasteiger partial charge in [0.05, 0.1) is 0 Å². The summed E-state index contributed by atoms with van der Waals surface area (Å²) in [7, 11) is -4.83. The van der Waals surface area contributed by atoms with Gasteiger partial charge in [0, 0.05) is 5.56 Å². The summed E-state index contributed by atoms with van der Waals surface area (Å²) in [6.45, 7) is 0. The lowest BCUT2D eigenvalue weighted by Gasteiger charge is -2.03. The third kappa shape index (κ3) is 2.24. The maximum Gasteiger partial charge on any atom is 0.440 e. The van der Waals surface area contributed by atoms with Crippen molar-refractivity contribution in [3.05, 3.63) is 54.4 Å². The van der Waals surface area contributed by atoms with Crippen molar-refractivity contribution in [3.63, 3.8) is 0 Å². The third-order valence-corrected chi connectivity index (χ3v) is 4.03. The highest BCUT2D eigenvalue weighted by molar-refractivity contribution is 7.79. The zero-order valence-electron chi connectivity index (χ0n) is 11.1. The van der Waals surface area contributed by atoms with Crippen LogP contribution in [0.3, 0.4) is 0 Å². The molecule has 112 valence electrons. The SMILES string of the molecule is O=C([O-])c1[nH]c2cccc(-c3ccccc3)c2[n+]1S(=O)(=O)O. The van der Waals surface area contributed by atoms with E-state index < -0.39 is 22.1 Å². The number of H-pyrrole nitrogens is 1. The van der Waals surface area contributed by atoms with Crippen molar-refractivity contribution in [3.8, 4) is 11.1 Å². The molecule has 0 bridgehead atoms. The Morgan fingerprint density at radius 2 is 1.77 bits per heavy atom. The van der Waals surface area contributed by atoms with E-state index in [-0.39, 0.29) is 11.0 Å². The highest BCUT2D eigenvalue weighted by Gasteiger charge is 2.31. The Bertz CT molecular complexity index is 977. The molecule has 0 saturated carbocycles. The van der Waals surface area contributed by atoms with Gasteiger partial charge in [-0.15, -0.1) is 0 Å². The van der Waals surface area contributed by atoms with E-state index >= 15 is 0 Å². The molecular weight excluding hydrogens is 308 g/mol. The molecule has 0 saturated heterocycles. The summed E-state index contributed by atoms with van der Waals surface area (Å²) in [5.74, 6) is -2.49. The first-order chi connectivity index (χ1) is 10.4. The average Bonchev–Trinajstić information content (AvgIpc) is 2.87. The first-order valence-corrected chi connectivity index (χ1v) is 7.61. The molecule has 0 unspecified atom stereocenters. The number of carbonyl (C=O) groups excluding carboxylic acids is 1. The standard InChI is InChI=1S/C14H10N2O5S/c17-14(18)13-15-11-8-4-7-10(9-5-2-1-3-6-9)12(11)16(13)22(19,20)21/h1-8H,(H2,17,18,19,20,21). The molecule has 22 heavy (non-hydrogen) atoms. The van der Waals surface area contributed by atoms with Crippen LogP contribution in [-0.4, -0.2) is 23.9 Å². The minimum absolute atomic E-state index is 0.0374. The van der Waals surface area contributed by atoms with Crippen molar-refractivity contribution in [2.24, 2.45) is 0 Å². The quantitative estimate of drug-likeness (QED) is 0.526. The van der Waals surface area contributed by atoms with E-state index in [0.717, 1.165) is 0 Å². The first-order valence-electron chi connectivity index (χ1n) is 6.21. The van der Waals surface area contributed by atoms with E-state index in [1.165, 1.54) is 6.07 Å². The van der Waals surface area contributed by atoms with Crippen LogP contribution in [0, 0.1) is 0 Å². The summed E-state index contributed by atoms with van der Waals surface area (Å²) in [5, 5.41) is 11.1. The van der Waals surface area contributed by atoms with Crippen molar-refractivity contribution >= 4 is 27.3 Å². The zero-order chi connectivity index (χ0) is 15.9. The summed E-state index contributed by atoms with van der Waals surface area (Å²) in [5.41, 5.74) is 1.42. The van der Waals surface area contributed by atoms with Crippen LogP contribution in [0.1, 0.15) is 10.6 Å². The van der Waals surface area contributed by atoms with E-state index in [2.05, 4.69) is 4.98 Å². The number of rotatable bonds is 3. The fourth-order valence-electron chi connectivity index (χ4n) is 2.37. The van der Waals surface area contributed by atoms with Crippen molar-refractivity contribution < 1.29 is 26.8 Å². The minimum Gasteiger partial charge on any atom is -0.538 e. The van der Waals surface area contributed by atoms with Gasteiger partial charge in [0.1, 0.15) is 0 Å². The maximum atomic E-state index is 11.6. The largest absolute Gasteiger partial charge is 0.538 e. The number of nitrogens with one attached hydrogen (secondary N) is 1. The Morgan fingerprint density at radius 1 is 1.09 bits per heavy atom. The lowest BCUT2D eigenvalue weighted by Crippen LogP contribution is -2.49. The fraction of sp³-hybridized carbons (Fsp3) is 0. The zero-order valence-corrected chi connectivity index (χ0v) is 11.9. The van der Waals surface area contributed by atoms with Gasteiger partial charge in [0.2, 0.25) is 5.52 Å². The molecule has 2 aromatic carbocycles. The Morgan fingerprint density at radius 3 is 2.36 bits per heavy atom. The normalized spacial score (nSPS) is 11.7. The van der Waals surface area contributed by atoms with Gasteiger partial charge in [-0.2, -0.15) is 8.42 Å². The Balaban J connectivity index is 2.49. The molecule has 0 aliphatic heterocycles. The number of para-hydroxylation sites is 1. The molecule has 2 N–H and O–H groups in total. The molecule has 8 heteroatoms. The third-order valence-electron chi connectivity index (χ3n) is 3.20. The molecule has 0 spiro atoms. The molecular formula is C14H10N2O5S. The van der Waals surface area contributed by atoms with E-state index in [0.29, 0.717) is 15.1 Å². The predicted molar refractivity (Wildman–Crippen MR) is 75.2 cm³/mol. The molecule has 1 heterocycles. The van der Waals surface area contributed by atoms with Gasteiger partial charge >= 0.3 is 16.1 Å². The summed E-state index contributed by atoms with van der Waals surface area (Å²) >= 11 is 0. The molecule has 3 rings (SSSR count). The van der Waals surface area contributed by atoms with Crippen LogP contribution in [-0.2, 0) is 10.3 Å². The van der Waals surface area contributed by atoms with E-state index in [9.17, 15) is 22.9 Å². The van der Waals surface area contributed by atoms with Gasteiger partial charge in [0.25, 0.3) is 0 Å². The van der Waals surface area contributed by atoms with E-state index in [1.807, 2.05) is 0 Å². The van der Waals surface area contributed by atoms with Gasteiger partial charge in [-0.05, 0) is 17.7 Å². The van der Waals surface area contributed by atoms with Crippen LogP contribution in [0.4, 0.5) is 0 Å². The number of imidazole rings is 1. The maximum absolute atomic E-state index is 11.6. The lowest BCUT2D eigenvalue weighted by molar-refractivity contribution is -0.498. The van der Waals surface area contributed by atoms with Crippen LogP contribution >= 0.6 is 0 Å². The van der Waals surface area contributed by atoms with Crippen LogP contribution in [0.2, 0.25) is 0 Å². The molecule has 0 amide bonds. The van der Waals surface area contributed by atoms with Crippen molar-refractivity contribution in [2.45, 2.75) is 0 Å². The second-order valence-electron chi connectivity index (χ2n) is 4.57. The summed E-state index contributed by atoms with van der Waals surface area (Å²) in [6.07, 6.45) is 0. The molecule has 3 aromatic rings. The smallest absolute Gasteiger partial charge is 0.440 e. The number of hydrogen-bond donors (Lipinski definition) is 2. The average molecular weight is 318 g/mol. The number of fused-ring (bicyclic) bond motifs is 1. The number of aromatic nitrogens is 2. The van der Waals surface area contributed by atoms with Gasteiger partial charge in [-0.3, -0.25) is 4.55 Å². The van der Waals surface area contributed by atoms with E-state index in [1.54, 1.807) is 42.5 Å². The van der Waals surface area contributed by atoms with Gasteiger partial charge in [-0.25, -0.2) is 4.98 Å². The number of hydrogen-bond acceptors (Lipinski definition) is 4. The molecule has 7 nitrogen and oxygen atoms in total. The molecule has 0 atom stereocenters. The number of benzene rings is 2. The summed E-state index contributed by atoms with van der Waals surface area (Å²) < 4.78 is 33.0. The van der Waals surface area contributed by atoms with Crippen LogP contribution in [0.5, 0.6) is 0 Å². The van der Waals surface area contributed by atoms with Crippen molar-refractivity contribution in [1.82, 2.24) is 4.98 Å². The number of aromatic carboxylic acids is 1. The summed E-state index contributed by atoms with van der Waals surface area (Å²) in [6, 6.07) is 13.6. The number of aromatic amines is 1. The van der Waals surface area contributed by atoms with Gasteiger partial charge in [-0.1, -0.05) is 40.4 Å². The van der Waals surface area contributed by atoms with E-state index in [4.69, 9.17) is 0 Å². The molecule has 0 radical (unpaired) electrons. The van der Waals surface area contributed by atoms with Crippen molar-refractivity contribution in [1.29, 1.82) is 0 Å². The highest BCUT2D eigenvalue weighted by Crippen LogP contribution is 2.26. The van der Waals surface area contributed by atoms with Crippen LogP contribution in [0.25, 0.3) is 22.2 Å². The number of nitrogens with zero attached hydrogens (tertiary/aromatic N) is 1. The fourth-order valence-corrected chi connectivity index (χ4v) is 3.15. The molecule has 0 fully saturated rings. The minimum atomic E-state index is -4.83. The Kier molecular flexibility index (Phi) is 3.19. The number of carbonyl (C=O) groups is 1. The topological polar surface area (TPSA) is 114 Å². The summed E-state index contributed by atoms with van der Waals surface area (Å²) in [4.78, 5) is 13.6. The van der Waals surface area contributed by atoms with Crippen LogP contribution in [0.15, 0.2) is 48.5 Å². The number of carboxylic acids is 1. The first kappa shape index (κ1) is 14.2. The Hall–Kier alpha value is -2.71. The Labute approximate surface area is 125 Å². The monoisotopic (exact) mass is 318 g/mol. The van der Waals surface area contributed by atoms with Crippen LogP contribution < -0.4 is 9.08 Å². The highest BCUT2D eigenvalue weighted by atomic mass is 32.2. The molecule has 0 aliphatic rings. The van der Waals surface area contributed by atoms with Gasteiger partial charge < -0.3 is 9.90 Å². The molecule has 0 aliphatic carbocycles. The number of carboxylic acid groups (broad SMARTS) is 1. The predicted octanol–water partition coefficient (Wildman–Crippen LogP) is 0.137. The van der Waals surface area contributed by atoms with Crippen molar-refractivity contribution in [2.75, 3.05) is 0 Å². The second-order valence-corrected chi connectivity index (χ2v) is 5.83. The van der Waals surface area contributed by atoms with Gasteiger partial charge in [0.15, 0.2) is 11.5 Å². The lowest BCUT2D eigenvalue weighted by atomic mass is 10.0.